The lowest BCUT2D eigenvalue weighted by Gasteiger charge is -2.36. The van der Waals surface area contributed by atoms with Crippen LogP contribution in [0.3, 0.4) is 0 Å². The summed E-state index contributed by atoms with van der Waals surface area (Å²) >= 11 is 0. The lowest BCUT2D eigenvalue weighted by atomic mass is 9.98. The van der Waals surface area contributed by atoms with Crippen molar-refractivity contribution in [1.82, 2.24) is 4.90 Å². The molecule has 0 saturated heterocycles. The lowest BCUT2D eigenvalue weighted by Crippen LogP contribution is -2.46. The summed E-state index contributed by atoms with van der Waals surface area (Å²) in [7, 11) is 2.02. The maximum atomic E-state index is 9.20. The Morgan fingerprint density at radius 2 is 2.07 bits per heavy atom. The van der Waals surface area contributed by atoms with Crippen molar-refractivity contribution >= 4 is 0 Å². The second kappa shape index (κ2) is 3.88. The Morgan fingerprint density at radius 3 is 2.43 bits per heavy atom. The van der Waals surface area contributed by atoms with Gasteiger partial charge in [0.1, 0.15) is 0 Å². The van der Waals surface area contributed by atoms with Crippen molar-refractivity contribution in [1.29, 1.82) is 5.26 Å². The monoisotopic (exact) mass is 196 g/mol. The van der Waals surface area contributed by atoms with Gasteiger partial charge in [0.25, 0.3) is 0 Å². The molecule has 1 saturated carbocycles. The first-order valence-electron chi connectivity index (χ1n) is 5.15. The number of nitriles is 1. The quantitative estimate of drug-likeness (QED) is 0.722. The van der Waals surface area contributed by atoms with E-state index in [0.717, 1.165) is 19.4 Å². The summed E-state index contributed by atoms with van der Waals surface area (Å²) in [6.45, 7) is 5.13. The van der Waals surface area contributed by atoms with Crippen LogP contribution in [-0.4, -0.2) is 35.7 Å². The SMILES string of the molecule is CN(CC1(CC#N)CC1)C(C)(C)CO. The van der Waals surface area contributed by atoms with Gasteiger partial charge in [0.15, 0.2) is 0 Å². The van der Waals surface area contributed by atoms with Crippen LogP contribution in [0.15, 0.2) is 0 Å². The van der Waals surface area contributed by atoms with E-state index in [1.54, 1.807) is 0 Å². The van der Waals surface area contributed by atoms with E-state index in [2.05, 4.69) is 11.0 Å². The zero-order valence-corrected chi connectivity index (χ0v) is 9.38. The van der Waals surface area contributed by atoms with E-state index >= 15 is 0 Å². The summed E-state index contributed by atoms with van der Waals surface area (Å²) in [5.41, 5.74) is 0.0565. The molecule has 0 aliphatic heterocycles. The minimum Gasteiger partial charge on any atom is -0.394 e. The predicted molar refractivity (Wildman–Crippen MR) is 55.7 cm³/mol. The van der Waals surface area contributed by atoms with Gasteiger partial charge in [0, 0.05) is 18.5 Å². The minimum absolute atomic E-state index is 0.159. The van der Waals surface area contributed by atoms with Crippen LogP contribution in [0.25, 0.3) is 0 Å². The molecule has 1 rings (SSSR count). The molecule has 14 heavy (non-hydrogen) atoms. The number of likely N-dealkylation sites (N-methyl/N-ethyl adjacent to an activating group) is 1. The van der Waals surface area contributed by atoms with Gasteiger partial charge in [-0.1, -0.05) is 0 Å². The van der Waals surface area contributed by atoms with Crippen LogP contribution in [0.4, 0.5) is 0 Å². The van der Waals surface area contributed by atoms with Gasteiger partial charge in [-0.3, -0.25) is 4.90 Å². The van der Waals surface area contributed by atoms with E-state index < -0.39 is 0 Å². The highest BCUT2D eigenvalue weighted by Gasteiger charge is 2.44. The molecule has 0 heterocycles. The van der Waals surface area contributed by atoms with E-state index in [4.69, 9.17) is 5.26 Å². The van der Waals surface area contributed by atoms with Crippen LogP contribution in [0.2, 0.25) is 0 Å². The van der Waals surface area contributed by atoms with E-state index in [1.807, 2.05) is 20.9 Å². The van der Waals surface area contributed by atoms with Crippen molar-refractivity contribution in [3.8, 4) is 6.07 Å². The maximum absolute atomic E-state index is 9.20. The molecule has 1 aliphatic carbocycles. The third kappa shape index (κ3) is 2.46. The third-order valence-corrected chi connectivity index (χ3v) is 3.40. The highest BCUT2D eigenvalue weighted by atomic mass is 16.3. The van der Waals surface area contributed by atoms with Gasteiger partial charge >= 0.3 is 0 Å². The van der Waals surface area contributed by atoms with Crippen molar-refractivity contribution in [2.45, 2.75) is 38.6 Å². The topological polar surface area (TPSA) is 47.3 Å². The Kier molecular flexibility index (Phi) is 3.18. The number of hydrogen-bond acceptors (Lipinski definition) is 3. The fraction of sp³-hybridized carbons (Fsp3) is 0.909. The Labute approximate surface area is 86.3 Å². The zero-order chi connectivity index (χ0) is 10.8. The number of nitrogens with zero attached hydrogens (tertiary/aromatic N) is 2. The van der Waals surface area contributed by atoms with Gasteiger partial charge in [0.05, 0.1) is 12.7 Å². The molecule has 3 nitrogen and oxygen atoms in total. The molecule has 3 heteroatoms. The number of rotatable bonds is 5. The number of aliphatic hydroxyl groups is 1. The smallest absolute Gasteiger partial charge is 0.0628 e. The summed E-state index contributed by atoms with van der Waals surface area (Å²) in [4.78, 5) is 2.16. The molecule has 80 valence electrons. The Bertz CT molecular complexity index is 238. The first kappa shape index (κ1) is 11.5. The molecule has 0 atom stereocenters. The molecule has 0 aromatic carbocycles. The summed E-state index contributed by atoms with van der Waals surface area (Å²) in [5.74, 6) is 0. The van der Waals surface area contributed by atoms with E-state index in [-0.39, 0.29) is 17.6 Å². The first-order valence-corrected chi connectivity index (χ1v) is 5.15. The van der Waals surface area contributed by atoms with Gasteiger partial charge in [-0.2, -0.15) is 5.26 Å². The van der Waals surface area contributed by atoms with Gasteiger partial charge < -0.3 is 5.11 Å². The molecule has 1 aliphatic rings. The maximum Gasteiger partial charge on any atom is 0.0628 e. The minimum atomic E-state index is -0.176. The molecule has 0 bridgehead atoms. The average molecular weight is 196 g/mol. The van der Waals surface area contributed by atoms with Crippen molar-refractivity contribution in [2.75, 3.05) is 20.2 Å². The second-order valence-electron chi connectivity index (χ2n) is 5.16. The molecular formula is C11H20N2O. The van der Waals surface area contributed by atoms with Gasteiger partial charge in [-0.05, 0) is 39.2 Å². The van der Waals surface area contributed by atoms with Crippen molar-refractivity contribution in [3.63, 3.8) is 0 Å². The normalized spacial score (nSPS) is 19.4. The van der Waals surface area contributed by atoms with Crippen molar-refractivity contribution in [3.05, 3.63) is 0 Å². The van der Waals surface area contributed by atoms with Crippen LogP contribution in [-0.2, 0) is 0 Å². The second-order valence-corrected chi connectivity index (χ2v) is 5.16. The predicted octanol–water partition coefficient (Wildman–Crippen LogP) is 1.38. The van der Waals surface area contributed by atoms with Gasteiger partial charge in [0.2, 0.25) is 0 Å². The standard InChI is InChI=1S/C11H20N2O/c1-10(2,9-14)13(3)8-11(4-5-11)6-7-12/h14H,4-6,8-9H2,1-3H3. The number of hydrogen-bond donors (Lipinski definition) is 1. The van der Waals surface area contributed by atoms with E-state index in [9.17, 15) is 5.11 Å². The van der Waals surface area contributed by atoms with Crippen LogP contribution in [0.1, 0.15) is 33.1 Å². The summed E-state index contributed by atoms with van der Waals surface area (Å²) < 4.78 is 0. The van der Waals surface area contributed by atoms with Crippen LogP contribution in [0.5, 0.6) is 0 Å². The van der Waals surface area contributed by atoms with Gasteiger partial charge in [-0.25, -0.2) is 0 Å². The van der Waals surface area contributed by atoms with Gasteiger partial charge in [-0.15, -0.1) is 0 Å². The van der Waals surface area contributed by atoms with Crippen molar-refractivity contribution < 1.29 is 5.11 Å². The van der Waals surface area contributed by atoms with Crippen molar-refractivity contribution in [2.24, 2.45) is 5.41 Å². The first-order chi connectivity index (χ1) is 6.46. The molecule has 0 amide bonds. The molecule has 0 radical (unpaired) electrons. The lowest BCUT2D eigenvalue weighted by molar-refractivity contribution is 0.0630. The van der Waals surface area contributed by atoms with E-state index in [0.29, 0.717) is 6.42 Å². The fourth-order valence-electron chi connectivity index (χ4n) is 1.57. The molecular weight excluding hydrogens is 176 g/mol. The molecule has 1 fully saturated rings. The highest BCUT2D eigenvalue weighted by Crippen LogP contribution is 2.49. The molecule has 0 unspecified atom stereocenters. The third-order valence-electron chi connectivity index (χ3n) is 3.40. The fourth-order valence-corrected chi connectivity index (χ4v) is 1.57. The molecule has 0 spiro atoms. The Hall–Kier alpha value is -0.590. The largest absolute Gasteiger partial charge is 0.394 e. The average Bonchev–Trinajstić information content (AvgIpc) is 2.85. The van der Waals surface area contributed by atoms with Crippen LogP contribution >= 0.6 is 0 Å². The highest BCUT2D eigenvalue weighted by molar-refractivity contribution is 5.02. The van der Waals surface area contributed by atoms with Crippen LogP contribution in [0, 0.1) is 16.7 Å². The van der Waals surface area contributed by atoms with Crippen LogP contribution < -0.4 is 0 Å². The molecule has 0 aromatic rings. The summed E-state index contributed by atoms with van der Waals surface area (Å²) in [6.07, 6.45) is 2.97. The summed E-state index contributed by atoms with van der Waals surface area (Å²) in [6, 6.07) is 2.26. The molecule has 1 N–H and O–H groups in total. The molecule has 0 aromatic heterocycles. The summed E-state index contributed by atoms with van der Waals surface area (Å²) in [5, 5.41) is 17.9. The Morgan fingerprint density at radius 1 is 1.50 bits per heavy atom. The zero-order valence-electron chi connectivity index (χ0n) is 9.38. The Balaban J connectivity index is 2.49. The van der Waals surface area contributed by atoms with E-state index in [1.165, 1.54) is 0 Å². The number of aliphatic hydroxyl groups excluding tert-OH is 1.